The van der Waals surface area contributed by atoms with E-state index < -0.39 is 10.0 Å². The molecule has 0 aromatic heterocycles. The number of anilines is 1. The second-order valence-electron chi connectivity index (χ2n) is 5.85. The van der Waals surface area contributed by atoms with Gasteiger partial charge in [0.1, 0.15) is 6.07 Å². The van der Waals surface area contributed by atoms with Gasteiger partial charge in [-0.2, -0.15) is 9.57 Å². The van der Waals surface area contributed by atoms with Crippen LogP contribution in [0.2, 0.25) is 0 Å². The van der Waals surface area contributed by atoms with Crippen molar-refractivity contribution in [2.45, 2.75) is 17.9 Å². The summed E-state index contributed by atoms with van der Waals surface area (Å²) < 4.78 is 27.5. The quantitative estimate of drug-likeness (QED) is 0.860. The van der Waals surface area contributed by atoms with Crippen molar-refractivity contribution in [3.8, 4) is 6.07 Å². The van der Waals surface area contributed by atoms with Crippen LogP contribution < -0.4 is 4.90 Å². The molecule has 0 N–H and O–H groups in total. The maximum Gasteiger partial charge on any atom is 0.244 e. The molecule has 0 amide bonds. The monoisotopic (exact) mass is 341 g/mol. The summed E-state index contributed by atoms with van der Waals surface area (Å²) in [4.78, 5) is 2.28. The Labute approximate surface area is 142 Å². The summed E-state index contributed by atoms with van der Waals surface area (Å²) in [6.45, 7) is 3.56. The topological polar surface area (TPSA) is 64.4 Å². The number of para-hydroxylation sites is 1. The molecule has 124 valence electrons. The first-order valence-electron chi connectivity index (χ1n) is 7.85. The van der Waals surface area contributed by atoms with Gasteiger partial charge in [0.15, 0.2) is 0 Å². The number of piperazine rings is 1. The van der Waals surface area contributed by atoms with Crippen molar-refractivity contribution in [2.24, 2.45) is 0 Å². The summed E-state index contributed by atoms with van der Waals surface area (Å²) >= 11 is 0. The van der Waals surface area contributed by atoms with Gasteiger partial charge in [0, 0.05) is 31.4 Å². The zero-order valence-electron chi connectivity index (χ0n) is 13.5. The third-order valence-electron chi connectivity index (χ3n) is 4.28. The van der Waals surface area contributed by atoms with Gasteiger partial charge in [-0.05, 0) is 31.2 Å². The number of nitrogens with zero attached hydrogens (tertiary/aromatic N) is 3. The van der Waals surface area contributed by atoms with Crippen LogP contribution in [0.5, 0.6) is 0 Å². The summed E-state index contributed by atoms with van der Waals surface area (Å²) in [6, 6.07) is 18.2. The summed E-state index contributed by atoms with van der Waals surface area (Å²) in [6.07, 6.45) is 0. The SMILES string of the molecule is CC1CN(c2ccccc2)CCN1S(=O)(=O)c1ccccc1C#N. The highest BCUT2D eigenvalue weighted by molar-refractivity contribution is 7.89. The van der Waals surface area contributed by atoms with Gasteiger partial charge in [0.25, 0.3) is 0 Å². The van der Waals surface area contributed by atoms with E-state index in [0.29, 0.717) is 19.6 Å². The smallest absolute Gasteiger partial charge is 0.244 e. The fraction of sp³-hybridized carbons (Fsp3) is 0.278. The van der Waals surface area contributed by atoms with Crippen LogP contribution in [0.25, 0.3) is 0 Å². The van der Waals surface area contributed by atoms with Crippen LogP contribution in [-0.2, 0) is 10.0 Å². The lowest BCUT2D eigenvalue weighted by atomic mass is 10.2. The van der Waals surface area contributed by atoms with Crippen LogP contribution >= 0.6 is 0 Å². The molecule has 5 nitrogen and oxygen atoms in total. The van der Waals surface area contributed by atoms with Crippen molar-refractivity contribution >= 4 is 15.7 Å². The summed E-state index contributed by atoms with van der Waals surface area (Å²) in [7, 11) is -3.68. The Bertz CT molecular complexity index is 859. The molecule has 1 heterocycles. The third-order valence-corrected chi connectivity index (χ3v) is 6.35. The Morgan fingerprint density at radius 1 is 1.04 bits per heavy atom. The Kier molecular flexibility index (Phi) is 4.56. The lowest BCUT2D eigenvalue weighted by Crippen LogP contribution is -2.54. The van der Waals surface area contributed by atoms with Gasteiger partial charge < -0.3 is 4.90 Å². The van der Waals surface area contributed by atoms with E-state index in [1.165, 1.54) is 16.4 Å². The lowest BCUT2D eigenvalue weighted by Gasteiger charge is -2.40. The maximum absolute atomic E-state index is 13.0. The normalized spacial score (nSPS) is 19.0. The molecule has 0 spiro atoms. The van der Waals surface area contributed by atoms with Crippen molar-refractivity contribution in [2.75, 3.05) is 24.5 Å². The fourth-order valence-corrected chi connectivity index (χ4v) is 4.84. The van der Waals surface area contributed by atoms with Gasteiger partial charge in [-0.15, -0.1) is 0 Å². The van der Waals surface area contributed by atoms with Crippen LogP contribution in [0.1, 0.15) is 12.5 Å². The lowest BCUT2D eigenvalue weighted by molar-refractivity contribution is 0.306. The Balaban J connectivity index is 1.85. The highest BCUT2D eigenvalue weighted by Crippen LogP contribution is 2.26. The van der Waals surface area contributed by atoms with Crippen molar-refractivity contribution in [1.29, 1.82) is 5.26 Å². The molecule has 1 aliphatic rings. The molecule has 2 aromatic rings. The maximum atomic E-state index is 13.0. The van der Waals surface area contributed by atoms with Crippen molar-refractivity contribution in [3.05, 3.63) is 60.2 Å². The van der Waals surface area contributed by atoms with E-state index in [9.17, 15) is 13.7 Å². The van der Waals surface area contributed by atoms with Crippen molar-refractivity contribution in [3.63, 3.8) is 0 Å². The largest absolute Gasteiger partial charge is 0.369 e. The van der Waals surface area contributed by atoms with E-state index in [4.69, 9.17) is 0 Å². The van der Waals surface area contributed by atoms with Gasteiger partial charge in [-0.25, -0.2) is 8.42 Å². The fourth-order valence-electron chi connectivity index (χ4n) is 3.08. The van der Waals surface area contributed by atoms with Gasteiger partial charge >= 0.3 is 0 Å². The minimum Gasteiger partial charge on any atom is -0.369 e. The molecule has 1 aliphatic heterocycles. The first kappa shape index (κ1) is 16.5. The molecule has 1 fully saturated rings. The minimum absolute atomic E-state index is 0.0903. The summed E-state index contributed by atoms with van der Waals surface area (Å²) in [5.74, 6) is 0. The molecule has 0 aliphatic carbocycles. The van der Waals surface area contributed by atoms with E-state index in [1.54, 1.807) is 12.1 Å². The van der Waals surface area contributed by atoms with Crippen LogP contribution in [0.4, 0.5) is 5.69 Å². The number of benzene rings is 2. The third kappa shape index (κ3) is 3.01. The van der Waals surface area contributed by atoms with E-state index in [0.717, 1.165) is 5.69 Å². The van der Waals surface area contributed by atoms with Crippen LogP contribution in [0, 0.1) is 11.3 Å². The van der Waals surface area contributed by atoms with Crippen molar-refractivity contribution < 1.29 is 8.42 Å². The molecule has 24 heavy (non-hydrogen) atoms. The first-order valence-corrected chi connectivity index (χ1v) is 9.29. The number of hydrogen-bond donors (Lipinski definition) is 0. The Hall–Kier alpha value is -2.36. The Morgan fingerprint density at radius 3 is 2.38 bits per heavy atom. The molecule has 3 rings (SSSR count). The van der Waals surface area contributed by atoms with Crippen molar-refractivity contribution in [1.82, 2.24) is 4.31 Å². The van der Waals surface area contributed by atoms with Gasteiger partial charge in [0.05, 0.1) is 10.5 Å². The van der Waals surface area contributed by atoms with Crippen LogP contribution in [0.15, 0.2) is 59.5 Å². The molecule has 0 saturated carbocycles. The summed E-state index contributed by atoms with van der Waals surface area (Å²) in [5.41, 5.74) is 1.29. The second-order valence-corrected chi connectivity index (χ2v) is 7.71. The molecule has 1 saturated heterocycles. The van der Waals surface area contributed by atoms with E-state index >= 15 is 0 Å². The number of sulfonamides is 1. The average Bonchev–Trinajstić information content (AvgIpc) is 2.62. The molecule has 1 atom stereocenters. The average molecular weight is 341 g/mol. The van der Waals surface area contributed by atoms with E-state index in [2.05, 4.69) is 4.90 Å². The van der Waals surface area contributed by atoms with Crippen LogP contribution in [0.3, 0.4) is 0 Å². The molecule has 1 unspecified atom stereocenters. The summed E-state index contributed by atoms with van der Waals surface area (Å²) in [5, 5.41) is 9.20. The van der Waals surface area contributed by atoms with Gasteiger partial charge in [-0.3, -0.25) is 0 Å². The van der Waals surface area contributed by atoms with Gasteiger partial charge in [-0.1, -0.05) is 30.3 Å². The highest BCUT2D eigenvalue weighted by Gasteiger charge is 2.34. The zero-order valence-corrected chi connectivity index (χ0v) is 14.3. The highest BCUT2D eigenvalue weighted by atomic mass is 32.2. The first-order chi connectivity index (χ1) is 11.5. The molecule has 2 aromatic carbocycles. The van der Waals surface area contributed by atoms with E-state index in [-0.39, 0.29) is 16.5 Å². The molecular formula is C18H19N3O2S. The molecule has 0 radical (unpaired) electrons. The molecule has 0 bridgehead atoms. The predicted molar refractivity (Wildman–Crippen MR) is 93.2 cm³/mol. The second kappa shape index (κ2) is 6.63. The van der Waals surface area contributed by atoms with Crippen LogP contribution in [-0.4, -0.2) is 38.4 Å². The Morgan fingerprint density at radius 2 is 1.71 bits per heavy atom. The van der Waals surface area contributed by atoms with Gasteiger partial charge in [0.2, 0.25) is 10.0 Å². The molecule has 6 heteroatoms. The number of rotatable bonds is 3. The molecular weight excluding hydrogens is 322 g/mol. The standard InChI is InChI=1S/C18H19N3O2S/c1-15-14-20(17-8-3-2-4-9-17)11-12-21(15)24(22,23)18-10-6-5-7-16(18)13-19/h2-10,15H,11-12,14H2,1H3. The predicted octanol–water partition coefficient (Wildman–Crippen LogP) is 2.46. The van der Waals surface area contributed by atoms with E-state index in [1.807, 2.05) is 43.3 Å². The minimum atomic E-state index is -3.68. The number of hydrogen-bond acceptors (Lipinski definition) is 4. The zero-order chi connectivity index (χ0) is 17.2. The number of nitriles is 1.